The molecule has 0 atom stereocenters. The SMILES string of the molecule is COc1ccc(N(C)CCS)cc1C(C)(C)C. The third-order valence-corrected chi connectivity index (χ3v) is 3.07. The molecule has 0 spiro atoms. The van der Waals surface area contributed by atoms with E-state index in [1.165, 1.54) is 11.3 Å². The van der Waals surface area contributed by atoms with Crippen LogP contribution in [0.4, 0.5) is 5.69 Å². The molecule has 0 fully saturated rings. The first-order valence-electron chi connectivity index (χ1n) is 5.90. The molecule has 1 rings (SSSR count). The summed E-state index contributed by atoms with van der Waals surface area (Å²) < 4.78 is 5.43. The molecule has 2 nitrogen and oxygen atoms in total. The fraction of sp³-hybridized carbons (Fsp3) is 0.571. The predicted octanol–water partition coefficient (Wildman–Crippen LogP) is 3.36. The molecule has 0 aliphatic rings. The van der Waals surface area contributed by atoms with Crippen molar-refractivity contribution in [2.45, 2.75) is 26.2 Å². The van der Waals surface area contributed by atoms with E-state index in [0.29, 0.717) is 0 Å². The summed E-state index contributed by atoms with van der Waals surface area (Å²) in [5.41, 5.74) is 2.54. The van der Waals surface area contributed by atoms with Crippen molar-refractivity contribution >= 4 is 18.3 Å². The molecule has 0 aromatic heterocycles. The van der Waals surface area contributed by atoms with Crippen LogP contribution in [-0.2, 0) is 5.41 Å². The summed E-state index contributed by atoms with van der Waals surface area (Å²) in [4.78, 5) is 2.21. The van der Waals surface area contributed by atoms with Crippen molar-refractivity contribution < 1.29 is 4.74 Å². The van der Waals surface area contributed by atoms with Gasteiger partial charge < -0.3 is 9.64 Å². The van der Waals surface area contributed by atoms with Gasteiger partial charge in [-0.05, 0) is 23.6 Å². The number of nitrogens with zero attached hydrogens (tertiary/aromatic N) is 1. The highest BCUT2D eigenvalue weighted by Crippen LogP contribution is 2.34. The smallest absolute Gasteiger partial charge is 0.122 e. The van der Waals surface area contributed by atoms with Gasteiger partial charge in [0.1, 0.15) is 5.75 Å². The van der Waals surface area contributed by atoms with E-state index in [4.69, 9.17) is 4.74 Å². The predicted molar refractivity (Wildman–Crippen MR) is 78.8 cm³/mol. The second kappa shape index (κ2) is 5.67. The van der Waals surface area contributed by atoms with Gasteiger partial charge in [0.05, 0.1) is 7.11 Å². The molecule has 0 saturated carbocycles. The Morgan fingerprint density at radius 2 is 1.94 bits per heavy atom. The monoisotopic (exact) mass is 253 g/mol. The quantitative estimate of drug-likeness (QED) is 0.826. The lowest BCUT2D eigenvalue weighted by molar-refractivity contribution is 0.397. The first-order chi connectivity index (χ1) is 7.90. The molecular weight excluding hydrogens is 230 g/mol. The van der Waals surface area contributed by atoms with Crippen LogP contribution >= 0.6 is 12.6 Å². The van der Waals surface area contributed by atoms with Gasteiger partial charge in [0.15, 0.2) is 0 Å². The summed E-state index contributed by atoms with van der Waals surface area (Å²) >= 11 is 4.27. The molecule has 1 aromatic rings. The molecule has 17 heavy (non-hydrogen) atoms. The van der Waals surface area contributed by atoms with Gasteiger partial charge in [0.25, 0.3) is 0 Å². The molecule has 0 aliphatic carbocycles. The van der Waals surface area contributed by atoms with Crippen molar-refractivity contribution in [1.29, 1.82) is 0 Å². The first kappa shape index (κ1) is 14.2. The van der Waals surface area contributed by atoms with Gasteiger partial charge in [0.2, 0.25) is 0 Å². The maximum absolute atomic E-state index is 5.43. The summed E-state index contributed by atoms with van der Waals surface area (Å²) in [6, 6.07) is 6.35. The van der Waals surface area contributed by atoms with Crippen LogP contribution in [0.2, 0.25) is 0 Å². The molecule has 0 amide bonds. The molecule has 0 bridgehead atoms. The number of ether oxygens (including phenoxy) is 1. The first-order valence-corrected chi connectivity index (χ1v) is 6.54. The van der Waals surface area contributed by atoms with E-state index >= 15 is 0 Å². The van der Waals surface area contributed by atoms with E-state index in [1.807, 2.05) is 6.07 Å². The Balaban J connectivity index is 3.13. The highest BCUT2D eigenvalue weighted by molar-refractivity contribution is 7.80. The topological polar surface area (TPSA) is 12.5 Å². The van der Waals surface area contributed by atoms with Crippen LogP contribution in [0.5, 0.6) is 5.75 Å². The maximum atomic E-state index is 5.43. The summed E-state index contributed by atoms with van der Waals surface area (Å²) in [7, 11) is 3.81. The summed E-state index contributed by atoms with van der Waals surface area (Å²) in [5, 5.41) is 0. The molecule has 0 heterocycles. The van der Waals surface area contributed by atoms with Gasteiger partial charge in [-0.15, -0.1) is 0 Å². The van der Waals surface area contributed by atoms with Crippen molar-refractivity contribution in [3.05, 3.63) is 23.8 Å². The molecule has 0 saturated heterocycles. The highest BCUT2D eigenvalue weighted by Gasteiger charge is 2.19. The zero-order valence-corrected chi connectivity index (χ0v) is 12.3. The molecule has 96 valence electrons. The van der Waals surface area contributed by atoms with Crippen LogP contribution in [0.25, 0.3) is 0 Å². The normalized spacial score (nSPS) is 11.4. The van der Waals surface area contributed by atoms with E-state index in [1.54, 1.807) is 7.11 Å². The fourth-order valence-electron chi connectivity index (χ4n) is 1.80. The lowest BCUT2D eigenvalue weighted by Gasteiger charge is -2.25. The average Bonchev–Trinajstić information content (AvgIpc) is 2.27. The van der Waals surface area contributed by atoms with E-state index in [-0.39, 0.29) is 5.41 Å². The zero-order valence-electron chi connectivity index (χ0n) is 11.4. The van der Waals surface area contributed by atoms with E-state index in [2.05, 4.69) is 57.5 Å². The van der Waals surface area contributed by atoms with Crippen molar-refractivity contribution in [1.82, 2.24) is 0 Å². The van der Waals surface area contributed by atoms with Crippen molar-refractivity contribution in [3.8, 4) is 5.75 Å². The molecule has 3 heteroatoms. The Morgan fingerprint density at radius 1 is 1.29 bits per heavy atom. The van der Waals surface area contributed by atoms with E-state index < -0.39 is 0 Å². The standard InChI is InChI=1S/C14H23NOS/c1-14(2,3)12-10-11(15(4)8-9-17)6-7-13(12)16-5/h6-7,10,17H,8-9H2,1-5H3. The number of hydrogen-bond donors (Lipinski definition) is 1. The number of hydrogen-bond acceptors (Lipinski definition) is 3. The Hall–Kier alpha value is -0.830. The van der Waals surface area contributed by atoms with Gasteiger partial charge in [-0.3, -0.25) is 0 Å². The Kier molecular flexibility index (Phi) is 4.75. The molecule has 0 radical (unpaired) electrons. The third kappa shape index (κ3) is 3.56. The Labute approximate surface area is 110 Å². The largest absolute Gasteiger partial charge is 0.496 e. The molecular formula is C14H23NOS. The molecule has 0 unspecified atom stereocenters. The third-order valence-electron chi connectivity index (χ3n) is 2.87. The van der Waals surface area contributed by atoms with Crippen molar-refractivity contribution in [2.24, 2.45) is 0 Å². The van der Waals surface area contributed by atoms with E-state index in [0.717, 1.165) is 18.0 Å². The molecule has 0 N–H and O–H groups in total. The van der Waals surface area contributed by atoms with Gasteiger partial charge in [-0.2, -0.15) is 12.6 Å². The van der Waals surface area contributed by atoms with Crippen molar-refractivity contribution in [2.75, 3.05) is 31.4 Å². The minimum absolute atomic E-state index is 0.0865. The summed E-state index contributed by atoms with van der Waals surface area (Å²) in [5.74, 6) is 1.81. The molecule has 1 aromatic carbocycles. The number of anilines is 1. The summed E-state index contributed by atoms with van der Waals surface area (Å²) in [6.45, 7) is 7.55. The Bertz CT molecular complexity index is 371. The van der Waals surface area contributed by atoms with Gasteiger partial charge in [-0.1, -0.05) is 20.8 Å². The minimum Gasteiger partial charge on any atom is -0.496 e. The minimum atomic E-state index is 0.0865. The van der Waals surface area contributed by atoms with Crippen LogP contribution in [0.3, 0.4) is 0 Å². The number of benzene rings is 1. The Morgan fingerprint density at radius 3 is 2.41 bits per heavy atom. The average molecular weight is 253 g/mol. The van der Waals surface area contributed by atoms with Crippen LogP contribution in [-0.4, -0.2) is 26.5 Å². The number of thiol groups is 1. The van der Waals surface area contributed by atoms with Crippen LogP contribution in [0.15, 0.2) is 18.2 Å². The zero-order chi connectivity index (χ0) is 13.1. The van der Waals surface area contributed by atoms with Crippen LogP contribution in [0.1, 0.15) is 26.3 Å². The molecule has 0 aliphatic heterocycles. The van der Waals surface area contributed by atoms with Crippen LogP contribution in [0, 0.1) is 0 Å². The fourth-order valence-corrected chi connectivity index (χ4v) is 2.10. The number of methoxy groups -OCH3 is 1. The lowest BCUT2D eigenvalue weighted by atomic mass is 9.86. The lowest BCUT2D eigenvalue weighted by Crippen LogP contribution is -2.21. The van der Waals surface area contributed by atoms with Crippen molar-refractivity contribution in [3.63, 3.8) is 0 Å². The van der Waals surface area contributed by atoms with Crippen LogP contribution < -0.4 is 9.64 Å². The summed E-state index contributed by atoms with van der Waals surface area (Å²) in [6.07, 6.45) is 0. The van der Waals surface area contributed by atoms with Gasteiger partial charge in [0, 0.05) is 30.6 Å². The van der Waals surface area contributed by atoms with Gasteiger partial charge >= 0.3 is 0 Å². The number of rotatable bonds is 4. The van der Waals surface area contributed by atoms with E-state index in [9.17, 15) is 0 Å². The van der Waals surface area contributed by atoms with Gasteiger partial charge in [-0.25, -0.2) is 0 Å². The second-order valence-corrected chi connectivity index (χ2v) is 5.73. The maximum Gasteiger partial charge on any atom is 0.122 e. The second-order valence-electron chi connectivity index (χ2n) is 5.28. The highest BCUT2D eigenvalue weighted by atomic mass is 32.1.